The first-order valence-corrected chi connectivity index (χ1v) is 12.0. The van der Waals surface area contributed by atoms with Crippen molar-refractivity contribution >= 4 is 44.0 Å². The first-order valence-electron chi connectivity index (χ1n) is 11.2. The average Bonchev–Trinajstić information content (AvgIpc) is 3.30. The van der Waals surface area contributed by atoms with Gasteiger partial charge in [-0.1, -0.05) is 23.5 Å². The third-order valence-electron chi connectivity index (χ3n) is 5.83. The van der Waals surface area contributed by atoms with Gasteiger partial charge in [0, 0.05) is 30.9 Å². The molecule has 0 saturated carbocycles. The van der Waals surface area contributed by atoms with E-state index in [1.807, 2.05) is 48.2 Å². The summed E-state index contributed by atoms with van der Waals surface area (Å²) in [6.07, 6.45) is 1.67. The van der Waals surface area contributed by atoms with Crippen molar-refractivity contribution < 1.29 is 14.5 Å². The molecule has 1 fully saturated rings. The van der Waals surface area contributed by atoms with Gasteiger partial charge >= 0.3 is 0 Å². The standard InChI is InChI=1S/C25H23N5O4S/c1-17-5-7-20-23(14-17)35-25(27-20)29(16-19-4-2-3-9-26-19)24(31)18-6-8-21(22(15-18)30(32)33)28-10-12-34-13-11-28/h2-9,14-15H,10-13,16H2,1H3. The number of anilines is 2. The van der Waals surface area contributed by atoms with E-state index in [2.05, 4.69) is 9.97 Å². The molecule has 1 aliphatic rings. The van der Waals surface area contributed by atoms with E-state index in [0.29, 0.717) is 42.8 Å². The first-order chi connectivity index (χ1) is 17.0. The topological polar surface area (TPSA) is 102 Å². The van der Waals surface area contributed by atoms with Gasteiger partial charge in [0.05, 0.1) is 40.6 Å². The van der Waals surface area contributed by atoms with Crippen molar-refractivity contribution in [2.24, 2.45) is 0 Å². The molecule has 0 atom stereocenters. The molecule has 3 heterocycles. The fourth-order valence-corrected chi connectivity index (χ4v) is 5.11. The van der Waals surface area contributed by atoms with Gasteiger partial charge in [0.1, 0.15) is 5.69 Å². The molecule has 0 unspecified atom stereocenters. The number of thiazole rings is 1. The van der Waals surface area contributed by atoms with Crippen LogP contribution >= 0.6 is 11.3 Å². The second kappa shape index (κ2) is 9.77. The van der Waals surface area contributed by atoms with Gasteiger partial charge in [-0.15, -0.1) is 0 Å². The molecule has 1 aliphatic heterocycles. The maximum atomic E-state index is 13.8. The molecular formula is C25H23N5O4S. The quantitative estimate of drug-likeness (QED) is 0.288. The molecular weight excluding hydrogens is 466 g/mol. The van der Waals surface area contributed by atoms with Crippen LogP contribution in [0, 0.1) is 17.0 Å². The Labute approximate surface area is 205 Å². The highest BCUT2D eigenvalue weighted by Crippen LogP contribution is 2.34. The van der Waals surface area contributed by atoms with Gasteiger partial charge in [0.15, 0.2) is 5.13 Å². The Morgan fingerprint density at radius 1 is 1.17 bits per heavy atom. The number of morpholine rings is 1. The van der Waals surface area contributed by atoms with E-state index in [0.717, 1.165) is 15.8 Å². The van der Waals surface area contributed by atoms with Crippen molar-refractivity contribution in [3.8, 4) is 0 Å². The lowest BCUT2D eigenvalue weighted by Gasteiger charge is -2.28. The first kappa shape index (κ1) is 22.9. The Morgan fingerprint density at radius 3 is 2.74 bits per heavy atom. The summed E-state index contributed by atoms with van der Waals surface area (Å²) in [5, 5.41) is 12.4. The number of aryl methyl sites for hydroxylation is 1. The lowest BCUT2D eigenvalue weighted by atomic mass is 10.1. The van der Waals surface area contributed by atoms with Crippen LogP contribution in [0.5, 0.6) is 0 Å². The Morgan fingerprint density at radius 2 is 2.00 bits per heavy atom. The zero-order chi connectivity index (χ0) is 24.4. The molecule has 0 spiro atoms. The number of benzene rings is 2. The molecule has 9 nitrogen and oxygen atoms in total. The van der Waals surface area contributed by atoms with Gasteiger partial charge < -0.3 is 9.64 Å². The number of carbonyl (C=O) groups is 1. The van der Waals surface area contributed by atoms with E-state index < -0.39 is 4.92 Å². The van der Waals surface area contributed by atoms with Gasteiger partial charge in [-0.2, -0.15) is 0 Å². The number of nitro groups is 1. The number of pyridine rings is 1. The average molecular weight is 490 g/mol. The number of fused-ring (bicyclic) bond motifs is 1. The lowest BCUT2D eigenvalue weighted by Crippen LogP contribution is -2.36. The highest BCUT2D eigenvalue weighted by Gasteiger charge is 2.27. The monoisotopic (exact) mass is 489 g/mol. The molecule has 0 bridgehead atoms. The number of nitro benzene ring substituents is 1. The molecule has 178 valence electrons. The largest absolute Gasteiger partial charge is 0.378 e. The number of hydrogen-bond donors (Lipinski definition) is 0. The minimum absolute atomic E-state index is 0.101. The molecule has 1 saturated heterocycles. The smallest absolute Gasteiger partial charge is 0.293 e. The third-order valence-corrected chi connectivity index (χ3v) is 6.87. The fraction of sp³-hybridized carbons (Fsp3) is 0.240. The van der Waals surface area contributed by atoms with E-state index in [1.165, 1.54) is 22.3 Å². The Kier molecular flexibility index (Phi) is 6.39. The minimum atomic E-state index is -0.439. The second-order valence-electron chi connectivity index (χ2n) is 8.24. The van der Waals surface area contributed by atoms with Gasteiger partial charge in [-0.25, -0.2) is 4.98 Å². The minimum Gasteiger partial charge on any atom is -0.378 e. The normalized spacial score (nSPS) is 13.7. The Hall–Kier alpha value is -3.89. The Balaban J connectivity index is 1.54. The van der Waals surface area contributed by atoms with Gasteiger partial charge in [-0.3, -0.25) is 24.8 Å². The van der Waals surface area contributed by atoms with E-state index in [-0.39, 0.29) is 23.7 Å². The summed E-state index contributed by atoms with van der Waals surface area (Å²) in [5.74, 6) is -0.372. The number of hydrogen-bond acceptors (Lipinski definition) is 8. The zero-order valence-corrected chi connectivity index (χ0v) is 19.9. The van der Waals surface area contributed by atoms with Crippen LogP contribution in [0.15, 0.2) is 60.8 Å². The maximum absolute atomic E-state index is 13.8. The van der Waals surface area contributed by atoms with Crippen molar-refractivity contribution in [3.05, 3.63) is 87.7 Å². The summed E-state index contributed by atoms with van der Waals surface area (Å²) in [7, 11) is 0. The fourth-order valence-electron chi connectivity index (χ4n) is 4.05. The number of ether oxygens (including phenoxy) is 1. The molecule has 0 radical (unpaired) electrons. The van der Waals surface area contributed by atoms with Gasteiger partial charge in [0.25, 0.3) is 11.6 Å². The van der Waals surface area contributed by atoms with Crippen molar-refractivity contribution in [2.75, 3.05) is 36.1 Å². The summed E-state index contributed by atoms with van der Waals surface area (Å²) in [4.78, 5) is 37.7. The molecule has 10 heteroatoms. The van der Waals surface area contributed by atoms with Crippen LogP contribution in [0.2, 0.25) is 0 Å². The number of rotatable bonds is 6. The number of carbonyl (C=O) groups excluding carboxylic acids is 1. The van der Waals surface area contributed by atoms with Crippen molar-refractivity contribution in [3.63, 3.8) is 0 Å². The number of aromatic nitrogens is 2. The Bertz CT molecular complexity index is 1390. The summed E-state index contributed by atoms with van der Waals surface area (Å²) in [6.45, 7) is 4.33. The van der Waals surface area contributed by atoms with Gasteiger partial charge in [-0.05, 0) is 48.9 Å². The molecule has 0 aliphatic carbocycles. The van der Waals surface area contributed by atoms with Crippen molar-refractivity contribution in [1.82, 2.24) is 9.97 Å². The molecule has 1 amide bonds. The summed E-state index contributed by atoms with van der Waals surface area (Å²) < 4.78 is 6.33. The predicted octanol–water partition coefficient (Wildman–Crippen LogP) is 4.59. The molecule has 0 N–H and O–H groups in total. The second-order valence-corrected chi connectivity index (χ2v) is 9.25. The van der Waals surface area contributed by atoms with Crippen molar-refractivity contribution in [2.45, 2.75) is 13.5 Å². The van der Waals surface area contributed by atoms with Crippen LogP contribution in [-0.4, -0.2) is 47.1 Å². The highest BCUT2D eigenvalue weighted by atomic mass is 32.1. The molecule has 4 aromatic rings. The molecule has 2 aromatic carbocycles. The molecule has 35 heavy (non-hydrogen) atoms. The van der Waals surface area contributed by atoms with Crippen LogP contribution < -0.4 is 9.80 Å². The zero-order valence-electron chi connectivity index (χ0n) is 19.1. The van der Waals surface area contributed by atoms with Crippen LogP contribution in [-0.2, 0) is 11.3 Å². The van der Waals surface area contributed by atoms with Crippen LogP contribution in [0.4, 0.5) is 16.5 Å². The summed E-state index contributed by atoms with van der Waals surface area (Å²) >= 11 is 1.41. The summed E-state index contributed by atoms with van der Waals surface area (Å²) in [5.41, 5.74) is 3.19. The van der Waals surface area contributed by atoms with E-state index >= 15 is 0 Å². The SMILES string of the molecule is Cc1ccc2nc(N(Cc3ccccn3)C(=O)c3ccc(N4CCOCC4)c([N+](=O)[O-])c3)sc2c1. The lowest BCUT2D eigenvalue weighted by molar-refractivity contribution is -0.384. The molecule has 2 aromatic heterocycles. The third kappa shape index (κ3) is 4.84. The van der Waals surface area contributed by atoms with E-state index in [1.54, 1.807) is 18.3 Å². The predicted molar refractivity (Wildman–Crippen MR) is 135 cm³/mol. The van der Waals surface area contributed by atoms with Gasteiger partial charge in [0.2, 0.25) is 0 Å². The van der Waals surface area contributed by atoms with E-state index in [4.69, 9.17) is 4.74 Å². The maximum Gasteiger partial charge on any atom is 0.293 e. The number of nitrogens with zero attached hydrogens (tertiary/aromatic N) is 5. The van der Waals surface area contributed by atoms with Crippen LogP contribution in [0.3, 0.4) is 0 Å². The summed E-state index contributed by atoms with van der Waals surface area (Å²) in [6, 6.07) is 16.1. The molecule has 5 rings (SSSR count). The van der Waals surface area contributed by atoms with Crippen LogP contribution in [0.1, 0.15) is 21.6 Å². The van der Waals surface area contributed by atoms with Crippen LogP contribution in [0.25, 0.3) is 10.2 Å². The number of amides is 1. The van der Waals surface area contributed by atoms with E-state index in [9.17, 15) is 14.9 Å². The highest BCUT2D eigenvalue weighted by molar-refractivity contribution is 7.22. The van der Waals surface area contributed by atoms with Crippen molar-refractivity contribution in [1.29, 1.82) is 0 Å².